The smallest absolute Gasteiger partial charge is 0.388 e. The Morgan fingerprint density at radius 3 is 2.00 bits per heavy atom. The first kappa shape index (κ1) is 15.5. The highest BCUT2D eigenvalue weighted by atomic mass is 19.4. The number of benzene rings is 2. The van der Waals surface area contributed by atoms with Gasteiger partial charge in [0.2, 0.25) is 0 Å². The van der Waals surface area contributed by atoms with E-state index in [0.717, 1.165) is 12.1 Å². The van der Waals surface area contributed by atoms with Crippen LogP contribution in [-0.4, -0.2) is 5.11 Å². The summed E-state index contributed by atoms with van der Waals surface area (Å²) in [6.45, 7) is 0. The van der Waals surface area contributed by atoms with Crippen molar-refractivity contribution >= 4 is 0 Å². The summed E-state index contributed by atoms with van der Waals surface area (Å²) in [5.41, 5.74) is 0.609. The van der Waals surface area contributed by atoms with Crippen LogP contribution in [0.25, 0.3) is 0 Å². The lowest BCUT2D eigenvalue weighted by atomic mass is 10.0. The number of aliphatic hydroxyl groups is 1. The molecule has 1 atom stereocenters. The molecule has 0 bridgehead atoms. The van der Waals surface area contributed by atoms with Crippen molar-refractivity contribution < 1.29 is 22.7 Å². The quantitative estimate of drug-likeness (QED) is 0.823. The van der Waals surface area contributed by atoms with E-state index >= 15 is 0 Å². The van der Waals surface area contributed by atoms with E-state index in [2.05, 4.69) is 0 Å². The molecular formula is C16H14F4O. The molecule has 0 aliphatic heterocycles. The van der Waals surface area contributed by atoms with E-state index in [-0.39, 0.29) is 5.82 Å². The molecule has 2 aromatic carbocycles. The molecule has 0 saturated carbocycles. The third-order valence-corrected chi connectivity index (χ3v) is 3.24. The summed E-state index contributed by atoms with van der Waals surface area (Å²) in [4.78, 5) is 0. The molecule has 0 aliphatic carbocycles. The van der Waals surface area contributed by atoms with Gasteiger partial charge in [-0.1, -0.05) is 24.3 Å². The van der Waals surface area contributed by atoms with Gasteiger partial charge in [-0.25, -0.2) is 4.39 Å². The number of aryl methyl sites for hydroxylation is 1. The second kappa shape index (κ2) is 6.26. The van der Waals surface area contributed by atoms with Crippen LogP contribution in [0.1, 0.15) is 29.2 Å². The molecular weight excluding hydrogens is 284 g/mol. The maximum Gasteiger partial charge on any atom is 0.416 e. The Balaban J connectivity index is 1.95. The fourth-order valence-electron chi connectivity index (χ4n) is 2.02. The van der Waals surface area contributed by atoms with Crippen molar-refractivity contribution in [2.75, 3.05) is 0 Å². The molecule has 0 heterocycles. The minimum absolute atomic E-state index is 0.358. The lowest BCUT2D eigenvalue weighted by Crippen LogP contribution is -2.05. The maximum absolute atomic E-state index is 12.8. The van der Waals surface area contributed by atoms with Gasteiger partial charge in [0.25, 0.3) is 0 Å². The number of rotatable bonds is 4. The zero-order chi connectivity index (χ0) is 15.5. The highest BCUT2D eigenvalue weighted by Gasteiger charge is 2.29. The molecule has 0 aliphatic rings. The molecule has 0 aromatic heterocycles. The molecule has 0 amide bonds. The zero-order valence-corrected chi connectivity index (χ0v) is 11.1. The van der Waals surface area contributed by atoms with Gasteiger partial charge in [-0.2, -0.15) is 13.2 Å². The SMILES string of the molecule is OC(CCc1ccc(C(F)(F)F)cc1)c1ccc(F)cc1. The number of alkyl halides is 3. The molecule has 112 valence electrons. The Labute approximate surface area is 119 Å². The zero-order valence-electron chi connectivity index (χ0n) is 11.1. The Morgan fingerprint density at radius 1 is 0.905 bits per heavy atom. The molecule has 5 heteroatoms. The Kier molecular flexibility index (Phi) is 4.63. The standard InChI is InChI=1S/C16H14F4O/c17-14-8-4-12(5-9-14)15(21)10-3-11-1-6-13(7-2-11)16(18,19)20/h1-2,4-9,15,21H,3,10H2. The Bertz CT molecular complexity index is 573. The molecule has 0 radical (unpaired) electrons. The number of hydrogen-bond donors (Lipinski definition) is 1. The predicted molar refractivity (Wildman–Crippen MR) is 71.1 cm³/mol. The number of halogens is 4. The van der Waals surface area contributed by atoms with Gasteiger partial charge in [-0.05, 0) is 48.2 Å². The second-order valence-corrected chi connectivity index (χ2v) is 4.80. The number of hydrogen-bond acceptors (Lipinski definition) is 1. The molecule has 2 aromatic rings. The highest BCUT2D eigenvalue weighted by molar-refractivity contribution is 5.25. The van der Waals surface area contributed by atoms with Gasteiger partial charge in [0.15, 0.2) is 0 Å². The third-order valence-electron chi connectivity index (χ3n) is 3.24. The minimum Gasteiger partial charge on any atom is -0.388 e. The first-order valence-corrected chi connectivity index (χ1v) is 6.46. The number of aliphatic hydroxyl groups excluding tert-OH is 1. The van der Waals surface area contributed by atoms with Gasteiger partial charge in [0.1, 0.15) is 5.82 Å². The normalized spacial score (nSPS) is 13.2. The van der Waals surface area contributed by atoms with Crippen LogP contribution in [0.2, 0.25) is 0 Å². The van der Waals surface area contributed by atoms with Crippen LogP contribution < -0.4 is 0 Å². The molecule has 0 saturated heterocycles. The fourth-order valence-corrected chi connectivity index (χ4v) is 2.02. The van der Waals surface area contributed by atoms with E-state index in [1.807, 2.05) is 0 Å². The summed E-state index contributed by atoms with van der Waals surface area (Å²) >= 11 is 0. The van der Waals surface area contributed by atoms with Crippen LogP contribution in [0.15, 0.2) is 48.5 Å². The summed E-state index contributed by atoms with van der Waals surface area (Å²) in [5, 5.41) is 9.95. The van der Waals surface area contributed by atoms with Crippen LogP contribution in [0.4, 0.5) is 17.6 Å². The second-order valence-electron chi connectivity index (χ2n) is 4.80. The van der Waals surface area contributed by atoms with E-state index in [4.69, 9.17) is 0 Å². The van der Waals surface area contributed by atoms with Gasteiger partial charge >= 0.3 is 6.18 Å². The summed E-state index contributed by atoms with van der Waals surface area (Å²) in [6, 6.07) is 10.4. The topological polar surface area (TPSA) is 20.2 Å². The van der Waals surface area contributed by atoms with E-state index < -0.39 is 17.8 Å². The molecule has 1 nitrogen and oxygen atoms in total. The fraction of sp³-hybridized carbons (Fsp3) is 0.250. The van der Waals surface area contributed by atoms with Gasteiger partial charge in [0, 0.05) is 0 Å². The van der Waals surface area contributed by atoms with E-state index in [1.165, 1.54) is 36.4 Å². The lowest BCUT2D eigenvalue weighted by molar-refractivity contribution is -0.137. The van der Waals surface area contributed by atoms with Crippen molar-refractivity contribution in [3.05, 3.63) is 71.0 Å². The monoisotopic (exact) mass is 298 g/mol. The van der Waals surface area contributed by atoms with Gasteiger partial charge in [-0.3, -0.25) is 0 Å². The summed E-state index contributed by atoms with van der Waals surface area (Å²) in [5.74, 6) is -0.381. The van der Waals surface area contributed by atoms with Crippen molar-refractivity contribution in [2.24, 2.45) is 0 Å². The third kappa shape index (κ3) is 4.29. The van der Waals surface area contributed by atoms with Crippen LogP contribution in [-0.2, 0) is 12.6 Å². The van der Waals surface area contributed by atoms with Crippen LogP contribution in [0, 0.1) is 5.82 Å². The molecule has 0 fully saturated rings. The van der Waals surface area contributed by atoms with Crippen molar-refractivity contribution in [2.45, 2.75) is 25.1 Å². The first-order valence-electron chi connectivity index (χ1n) is 6.46. The average molecular weight is 298 g/mol. The Hall–Kier alpha value is -1.88. The predicted octanol–water partition coefficient (Wildman–Crippen LogP) is 4.51. The van der Waals surface area contributed by atoms with E-state index in [1.54, 1.807) is 0 Å². The van der Waals surface area contributed by atoms with Crippen LogP contribution in [0.5, 0.6) is 0 Å². The molecule has 1 unspecified atom stereocenters. The van der Waals surface area contributed by atoms with Crippen molar-refractivity contribution in [1.29, 1.82) is 0 Å². The van der Waals surface area contributed by atoms with E-state index in [9.17, 15) is 22.7 Å². The summed E-state index contributed by atoms with van der Waals surface area (Å²) in [6.07, 6.45) is -4.31. The average Bonchev–Trinajstić information content (AvgIpc) is 2.45. The molecule has 1 N–H and O–H groups in total. The van der Waals surface area contributed by atoms with Crippen molar-refractivity contribution in [3.8, 4) is 0 Å². The summed E-state index contributed by atoms with van der Waals surface area (Å²) in [7, 11) is 0. The van der Waals surface area contributed by atoms with Crippen molar-refractivity contribution in [3.63, 3.8) is 0 Å². The highest BCUT2D eigenvalue weighted by Crippen LogP contribution is 2.29. The minimum atomic E-state index is -4.34. The van der Waals surface area contributed by atoms with Gasteiger partial charge in [-0.15, -0.1) is 0 Å². The molecule has 0 spiro atoms. The van der Waals surface area contributed by atoms with Crippen LogP contribution in [0.3, 0.4) is 0 Å². The largest absolute Gasteiger partial charge is 0.416 e. The van der Waals surface area contributed by atoms with E-state index in [0.29, 0.717) is 24.0 Å². The first-order chi connectivity index (χ1) is 9.86. The van der Waals surface area contributed by atoms with Crippen LogP contribution >= 0.6 is 0 Å². The molecule has 21 heavy (non-hydrogen) atoms. The summed E-state index contributed by atoms with van der Waals surface area (Å²) < 4.78 is 50.0. The molecule has 2 rings (SSSR count). The lowest BCUT2D eigenvalue weighted by Gasteiger charge is -2.12. The van der Waals surface area contributed by atoms with Crippen molar-refractivity contribution in [1.82, 2.24) is 0 Å². The van der Waals surface area contributed by atoms with Gasteiger partial charge in [0.05, 0.1) is 11.7 Å². The Morgan fingerprint density at radius 2 is 1.48 bits per heavy atom. The van der Waals surface area contributed by atoms with Gasteiger partial charge < -0.3 is 5.11 Å². The maximum atomic E-state index is 12.8.